The van der Waals surface area contributed by atoms with Gasteiger partial charge in [-0.1, -0.05) is 29.8 Å². The highest BCUT2D eigenvalue weighted by atomic mass is 32.2. The number of nitro groups is 1. The topological polar surface area (TPSA) is 133 Å². The molecule has 0 aliphatic carbocycles. The summed E-state index contributed by atoms with van der Waals surface area (Å²) in [5.41, 5.74) is 1.14. The summed E-state index contributed by atoms with van der Waals surface area (Å²) in [6.45, 7) is 3.35. The van der Waals surface area contributed by atoms with Crippen molar-refractivity contribution in [1.82, 2.24) is 4.72 Å². The van der Waals surface area contributed by atoms with Crippen molar-refractivity contribution < 1.29 is 27.7 Å². The second kappa shape index (κ2) is 9.28. The van der Waals surface area contributed by atoms with E-state index in [1.165, 1.54) is 36.4 Å². The highest BCUT2D eigenvalue weighted by Crippen LogP contribution is 2.17. The zero-order valence-corrected chi connectivity index (χ0v) is 16.6. The minimum Gasteiger partial charge on any atom is -0.465 e. The molecule has 1 atom stereocenters. The number of hydrogen-bond donors (Lipinski definition) is 1. The molecular formula is C19H20N2O7S. The maximum absolute atomic E-state index is 12.6. The molecule has 2 rings (SSSR count). The second-order valence-electron chi connectivity index (χ2n) is 6.22. The first-order valence-corrected chi connectivity index (χ1v) is 10.2. The Hall–Kier alpha value is -3.27. The van der Waals surface area contributed by atoms with Crippen LogP contribution in [0.4, 0.5) is 5.69 Å². The lowest BCUT2D eigenvalue weighted by molar-refractivity contribution is -0.384. The third kappa shape index (κ3) is 5.85. The zero-order valence-electron chi connectivity index (χ0n) is 15.8. The number of hydrogen-bond acceptors (Lipinski definition) is 7. The van der Waals surface area contributed by atoms with E-state index in [4.69, 9.17) is 4.74 Å². The van der Waals surface area contributed by atoms with E-state index in [2.05, 4.69) is 0 Å². The van der Waals surface area contributed by atoms with Gasteiger partial charge in [0.15, 0.2) is 0 Å². The van der Waals surface area contributed by atoms with Crippen molar-refractivity contribution in [3.8, 4) is 0 Å². The fourth-order valence-electron chi connectivity index (χ4n) is 2.50. The van der Waals surface area contributed by atoms with Gasteiger partial charge in [0.25, 0.3) is 15.7 Å². The monoisotopic (exact) mass is 420 g/mol. The molecule has 0 spiro atoms. The van der Waals surface area contributed by atoms with E-state index < -0.39 is 32.7 Å². The van der Waals surface area contributed by atoms with E-state index in [1.54, 1.807) is 26.0 Å². The van der Waals surface area contributed by atoms with Crippen LogP contribution in [0.15, 0.2) is 53.4 Å². The maximum atomic E-state index is 12.6. The zero-order chi connectivity index (χ0) is 21.6. The summed E-state index contributed by atoms with van der Waals surface area (Å²) in [6.07, 6.45) is -0.175. The summed E-state index contributed by atoms with van der Waals surface area (Å²) in [4.78, 5) is 34.9. The van der Waals surface area contributed by atoms with Gasteiger partial charge in [-0.15, -0.1) is 0 Å². The summed E-state index contributed by atoms with van der Waals surface area (Å²) < 4.78 is 31.7. The molecule has 0 radical (unpaired) electrons. The largest absolute Gasteiger partial charge is 0.465 e. The number of esters is 1. The van der Waals surface area contributed by atoms with Gasteiger partial charge in [0.1, 0.15) is 5.92 Å². The third-order valence-electron chi connectivity index (χ3n) is 4.04. The molecule has 0 aliphatic heterocycles. The van der Waals surface area contributed by atoms with Crippen LogP contribution in [0.3, 0.4) is 0 Å². The minimum absolute atomic E-state index is 0.00753. The molecule has 1 N–H and O–H groups in total. The van der Waals surface area contributed by atoms with Crippen LogP contribution in [-0.4, -0.2) is 31.8 Å². The Morgan fingerprint density at radius 1 is 1.10 bits per heavy atom. The van der Waals surface area contributed by atoms with Crippen molar-refractivity contribution in [1.29, 1.82) is 0 Å². The van der Waals surface area contributed by atoms with Crippen LogP contribution in [0.2, 0.25) is 0 Å². The molecule has 0 saturated heterocycles. The molecule has 0 fully saturated rings. The molecule has 0 saturated carbocycles. The Morgan fingerprint density at radius 3 is 2.21 bits per heavy atom. The molecule has 2 aromatic rings. The van der Waals surface area contributed by atoms with Crippen LogP contribution in [0, 0.1) is 23.0 Å². The smallest absolute Gasteiger partial charge is 0.318 e. The number of nitrogens with one attached hydrogen (secondary N) is 1. The fraction of sp³-hybridized carbons (Fsp3) is 0.263. The van der Waals surface area contributed by atoms with Gasteiger partial charge in [-0.3, -0.25) is 19.7 Å². The number of amides is 1. The first-order valence-electron chi connectivity index (χ1n) is 8.67. The Bertz CT molecular complexity index is 1000. The number of ether oxygens (including phenoxy) is 1. The summed E-state index contributed by atoms with van der Waals surface area (Å²) in [6, 6.07) is 11.1. The Kier molecular flexibility index (Phi) is 7.05. The SMILES string of the molecule is CCOC(=O)C(Cc1ccc([N+](=O)[O-])cc1)C(=O)NS(=O)(=O)c1ccc(C)cc1. The highest BCUT2D eigenvalue weighted by molar-refractivity contribution is 7.90. The molecule has 10 heteroatoms. The van der Waals surface area contributed by atoms with Gasteiger partial charge >= 0.3 is 5.97 Å². The van der Waals surface area contributed by atoms with Gasteiger partial charge in [0.05, 0.1) is 16.4 Å². The Balaban J connectivity index is 2.24. The van der Waals surface area contributed by atoms with Crippen LogP contribution in [0.25, 0.3) is 0 Å². The summed E-state index contributed by atoms with van der Waals surface area (Å²) >= 11 is 0. The third-order valence-corrected chi connectivity index (χ3v) is 5.40. The lowest BCUT2D eigenvalue weighted by atomic mass is 9.98. The van der Waals surface area contributed by atoms with Crippen molar-refractivity contribution in [2.75, 3.05) is 6.61 Å². The first-order chi connectivity index (χ1) is 13.6. The molecule has 0 aromatic heterocycles. The van der Waals surface area contributed by atoms with E-state index in [0.717, 1.165) is 5.56 Å². The number of nitro benzene ring substituents is 1. The van der Waals surface area contributed by atoms with E-state index in [-0.39, 0.29) is 23.6 Å². The normalized spacial score (nSPS) is 12.1. The Morgan fingerprint density at radius 2 is 1.69 bits per heavy atom. The molecular weight excluding hydrogens is 400 g/mol. The molecule has 154 valence electrons. The van der Waals surface area contributed by atoms with Crippen LogP contribution in [0.5, 0.6) is 0 Å². The highest BCUT2D eigenvalue weighted by Gasteiger charge is 2.32. The fourth-order valence-corrected chi connectivity index (χ4v) is 3.51. The lowest BCUT2D eigenvalue weighted by Gasteiger charge is -2.16. The van der Waals surface area contributed by atoms with Gasteiger partial charge < -0.3 is 4.74 Å². The number of nitrogens with zero attached hydrogens (tertiary/aromatic N) is 1. The number of carbonyl (C=O) groups is 2. The number of rotatable bonds is 8. The van der Waals surface area contributed by atoms with Crippen molar-refractivity contribution in [2.24, 2.45) is 5.92 Å². The lowest BCUT2D eigenvalue weighted by Crippen LogP contribution is -2.40. The van der Waals surface area contributed by atoms with Crippen LogP contribution >= 0.6 is 0 Å². The number of aryl methyl sites for hydroxylation is 1. The van der Waals surface area contributed by atoms with Crippen LogP contribution in [-0.2, 0) is 30.8 Å². The average molecular weight is 420 g/mol. The molecule has 1 unspecified atom stereocenters. The number of non-ortho nitro benzene ring substituents is 1. The molecule has 9 nitrogen and oxygen atoms in total. The standard InChI is InChI=1S/C19H20N2O7S/c1-3-28-19(23)17(12-14-6-8-15(9-7-14)21(24)25)18(22)20-29(26,27)16-10-4-13(2)5-11-16/h4-11,17H,3,12H2,1-2H3,(H,20,22). The summed E-state index contributed by atoms with van der Waals surface area (Å²) in [7, 11) is -4.18. The van der Waals surface area contributed by atoms with Gasteiger partial charge in [-0.25, -0.2) is 13.1 Å². The maximum Gasteiger partial charge on any atom is 0.318 e. The van der Waals surface area contributed by atoms with Crippen molar-refractivity contribution in [3.63, 3.8) is 0 Å². The number of sulfonamides is 1. The van der Waals surface area contributed by atoms with Crippen molar-refractivity contribution in [2.45, 2.75) is 25.2 Å². The quantitative estimate of drug-likeness (QED) is 0.299. The average Bonchev–Trinajstić information content (AvgIpc) is 2.66. The van der Waals surface area contributed by atoms with Gasteiger partial charge in [-0.05, 0) is 38.0 Å². The molecule has 0 aliphatic rings. The Labute approximate surface area is 167 Å². The molecule has 0 bridgehead atoms. The minimum atomic E-state index is -4.18. The predicted octanol–water partition coefficient (Wildman–Crippen LogP) is 2.13. The van der Waals surface area contributed by atoms with E-state index in [1.807, 2.05) is 4.72 Å². The van der Waals surface area contributed by atoms with Crippen molar-refractivity contribution in [3.05, 3.63) is 69.8 Å². The second-order valence-corrected chi connectivity index (χ2v) is 7.90. The first kappa shape index (κ1) is 22.0. The van der Waals surface area contributed by atoms with Crippen molar-refractivity contribution >= 4 is 27.6 Å². The van der Waals surface area contributed by atoms with E-state index in [9.17, 15) is 28.1 Å². The predicted molar refractivity (Wildman–Crippen MR) is 103 cm³/mol. The summed E-state index contributed by atoms with van der Waals surface area (Å²) in [5.74, 6) is -3.36. The summed E-state index contributed by atoms with van der Waals surface area (Å²) in [5, 5.41) is 10.7. The number of carbonyl (C=O) groups excluding carboxylic acids is 2. The molecule has 0 heterocycles. The molecule has 2 aromatic carbocycles. The molecule has 29 heavy (non-hydrogen) atoms. The van der Waals surface area contributed by atoms with E-state index in [0.29, 0.717) is 5.56 Å². The van der Waals surface area contributed by atoms with Gasteiger partial charge in [0.2, 0.25) is 5.91 Å². The van der Waals surface area contributed by atoms with Gasteiger partial charge in [-0.2, -0.15) is 0 Å². The van der Waals surface area contributed by atoms with Crippen LogP contribution < -0.4 is 4.72 Å². The van der Waals surface area contributed by atoms with Crippen LogP contribution in [0.1, 0.15) is 18.1 Å². The van der Waals surface area contributed by atoms with E-state index >= 15 is 0 Å². The number of benzene rings is 2. The molecule has 1 amide bonds. The van der Waals surface area contributed by atoms with Gasteiger partial charge in [0, 0.05) is 12.1 Å².